The Labute approximate surface area is 88.2 Å². The van der Waals surface area contributed by atoms with Crippen molar-refractivity contribution in [3.05, 3.63) is 36.0 Å². The third-order valence-electron chi connectivity index (χ3n) is 2.40. The highest BCUT2D eigenvalue weighted by Crippen LogP contribution is 2.15. The SMILES string of the molecule is NC(=O)c1ccnc(NC2CC=CC2)c1. The van der Waals surface area contributed by atoms with Crippen LogP contribution in [0.15, 0.2) is 30.5 Å². The molecule has 1 aromatic rings. The minimum absolute atomic E-state index is 0.389. The van der Waals surface area contributed by atoms with Crippen LogP contribution >= 0.6 is 0 Å². The summed E-state index contributed by atoms with van der Waals surface area (Å²) in [5.41, 5.74) is 5.67. The van der Waals surface area contributed by atoms with Crippen LogP contribution in [-0.4, -0.2) is 16.9 Å². The maximum atomic E-state index is 10.9. The number of anilines is 1. The fourth-order valence-electron chi connectivity index (χ4n) is 1.61. The summed E-state index contributed by atoms with van der Waals surface area (Å²) in [5, 5.41) is 3.25. The number of carbonyl (C=O) groups is 1. The second-order valence-corrected chi connectivity index (χ2v) is 3.58. The highest BCUT2D eigenvalue weighted by molar-refractivity contribution is 5.93. The fraction of sp³-hybridized carbons (Fsp3) is 0.273. The number of hydrogen-bond acceptors (Lipinski definition) is 3. The summed E-state index contributed by atoms with van der Waals surface area (Å²) in [6.45, 7) is 0. The summed E-state index contributed by atoms with van der Waals surface area (Å²) >= 11 is 0. The lowest BCUT2D eigenvalue weighted by Crippen LogP contribution is -2.17. The standard InChI is InChI=1S/C11H13N3O/c12-11(15)8-5-6-13-10(7-8)14-9-3-1-2-4-9/h1-2,5-7,9H,3-4H2,(H2,12,15)(H,13,14). The number of primary amides is 1. The number of nitrogens with zero attached hydrogens (tertiary/aromatic N) is 1. The van der Waals surface area contributed by atoms with Gasteiger partial charge in [0.15, 0.2) is 0 Å². The molecule has 1 heterocycles. The number of hydrogen-bond donors (Lipinski definition) is 2. The highest BCUT2D eigenvalue weighted by Gasteiger charge is 2.10. The molecule has 4 heteroatoms. The molecular weight excluding hydrogens is 190 g/mol. The normalized spacial score (nSPS) is 15.5. The number of nitrogens with two attached hydrogens (primary N) is 1. The maximum absolute atomic E-state index is 10.9. The van der Waals surface area contributed by atoms with Gasteiger partial charge < -0.3 is 11.1 Å². The smallest absolute Gasteiger partial charge is 0.248 e. The van der Waals surface area contributed by atoms with Crippen LogP contribution < -0.4 is 11.1 Å². The van der Waals surface area contributed by atoms with Gasteiger partial charge in [-0.3, -0.25) is 4.79 Å². The molecule has 0 bridgehead atoms. The molecule has 78 valence electrons. The minimum atomic E-state index is -0.426. The van der Waals surface area contributed by atoms with Crippen molar-refractivity contribution in [3.63, 3.8) is 0 Å². The monoisotopic (exact) mass is 203 g/mol. The Morgan fingerprint density at radius 1 is 1.47 bits per heavy atom. The summed E-state index contributed by atoms with van der Waals surface area (Å²) in [5.74, 6) is 0.282. The zero-order chi connectivity index (χ0) is 10.7. The van der Waals surface area contributed by atoms with E-state index >= 15 is 0 Å². The molecule has 1 aromatic heterocycles. The average Bonchev–Trinajstić information content (AvgIpc) is 2.71. The molecule has 2 rings (SSSR count). The van der Waals surface area contributed by atoms with Crippen LogP contribution in [0.2, 0.25) is 0 Å². The van der Waals surface area contributed by atoms with Gasteiger partial charge >= 0.3 is 0 Å². The number of carbonyl (C=O) groups excluding carboxylic acids is 1. The van der Waals surface area contributed by atoms with Crippen molar-refractivity contribution in [2.24, 2.45) is 5.73 Å². The number of rotatable bonds is 3. The highest BCUT2D eigenvalue weighted by atomic mass is 16.1. The molecule has 0 atom stereocenters. The van der Waals surface area contributed by atoms with E-state index in [1.807, 2.05) is 0 Å². The van der Waals surface area contributed by atoms with Gasteiger partial charge in [0.2, 0.25) is 5.91 Å². The third-order valence-corrected chi connectivity index (χ3v) is 2.40. The first-order valence-corrected chi connectivity index (χ1v) is 4.93. The summed E-state index contributed by atoms with van der Waals surface area (Å²) in [4.78, 5) is 15.1. The Kier molecular flexibility index (Phi) is 2.67. The van der Waals surface area contributed by atoms with E-state index in [4.69, 9.17) is 5.73 Å². The van der Waals surface area contributed by atoms with E-state index in [9.17, 15) is 4.79 Å². The molecule has 1 amide bonds. The van der Waals surface area contributed by atoms with Crippen LogP contribution in [0.4, 0.5) is 5.82 Å². The van der Waals surface area contributed by atoms with Gasteiger partial charge in [0, 0.05) is 17.8 Å². The van der Waals surface area contributed by atoms with E-state index in [0.29, 0.717) is 17.4 Å². The second-order valence-electron chi connectivity index (χ2n) is 3.58. The van der Waals surface area contributed by atoms with E-state index in [-0.39, 0.29) is 0 Å². The second kappa shape index (κ2) is 4.13. The molecular formula is C11H13N3O. The molecule has 0 fully saturated rings. The number of pyridine rings is 1. The first-order valence-electron chi connectivity index (χ1n) is 4.93. The van der Waals surface area contributed by atoms with Crippen LogP contribution in [0.1, 0.15) is 23.2 Å². The molecule has 0 unspecified atom stereocenters. The van der Waals surface area contributed by atoms with Crippen LogP contribution in [0.3, 0.4) is 0 Å². The molecule has 4 nitrogen and oxygen atoms in total. The molecule has 0 saturated carbocycles. The van der Waals surface area contributed by atoms with E-state index < -0.39 is 5.91 Å². The predicted octanol–water partition coefficient (Wildman–Crippen LogP) is 1.31. The van der Waals surface area contributed by atoms with E-state index in [1.165, 1.54) is 0 Å². The Morgan fingerprint density at radius 2 is 2.20 bits per heavy atom. The fourth-order valence-corrected chi connectivity index (χ4v) is 1.61. The van der Waals surface area contributed by atoms with E-state index in [2.05, 4.69) is 22.5 Å². The summed E-state index contributed by atoms with van der Waals surface area (Å²) in [6.07, 6.45) is 7.86. The van der Waals surface area contributed by atoms with E-state index in [1.54, 1.807) is 18.3 Å². The molecule has 1 aliphatic rings. The van der Waals surface area contributed by atoms with Gasteiger partial charge in [-0.1, -0.05) is 12.2 Å². The maximum Gasteiger partial charge on any atom is 0.248 e. The van der Waals surface area contributed by atoms with Crippen molar-refractivity contribution < 1.29 is 4.79 Å². The minimum Gasteiger partial charge on any atom is -0.367 e. The molecule has 3 N–H and O–H groups in total. The Bertz CT molecular complexity index is 393. The average molecular weight is 203 g/mol. The third kappa shape index (κ3) is 2.34. The number of nitrogens with one attached hydrogen (secondary N) is 1. The zero-order valence-electron chi connectivity index (χ0n) is 8.31. The van der Waals surface area contributed by atoms with Gasteiger partial charge in [0.05, 0.1) is 0 Å². The van der Waals surface area contributed by atoms with Crippen molar-refractivity contribution in [3.8, 4) is 0 Å². The molecule has 15 heavy (non-hydrogen) atoms. The molecule has 0 saturated heterocycles. The van der Waals surface area contributed by atoms with Gasteiger partial charge in [0.25, 0.3) is 0 Å². The van der Waals surface area contributed by atoms with Gasteiger partial charge in [-0.2, -0.15) is 0 Å². The predicted molar refractivity (Wildman–Crippen MR) is 58.5 cm³/mol. The molecule has 1 aliphatic carbocycles. The first-order chi connectivity index (χ1) is 7.25. The van der Waals surface area contributed by atoms with Crippen molar-refractivity contribution >= 4 is 11.7 Å². The van der Waals surface area contributed by atoms with Crippen molar-refractivity contribution in [1.82, 2.24) is 4.98 Å². The lowest BCUT2D eigenvalue weighted by Gasteiger charge is -2.12. The largest absolute Gasteiger partial charge is 0.367 e. The van der Waals surface area contributed by atoms with Gasteiger partial charge in [-0.15, -0.1) is 0 Å². The van der Waals surface area contributed by atoms with Crippen LogP contribution in [0.5, 0.6) is 0 Å². The topological polar surface area (TPSA) is 68.0 Å². The molecule has 0 aromatic carbocycles. The zero-order valence-corrected chi connectivity index (χ0v) is 8.31. The Balaban J connectivity index is 2.07. The van der Waals surface area contributed by atoms with Crippen molar-refractivity contribution in [1.29, 1.82) is 0 Å². The van der Waals surface area contributed by atoms with E-state index in [0.717, 1.165) is 12.8 Å². The Morgan fingerprint density at radius 3 is 2.87 bits per heavy atom. The van der Waals surface area contributed by atoms with Crippen LogP contribution in [0.25, 0.3) is 0 Å². The Hall–Kier alpha value is -1.84. The number of aromatic nitrogens is 1. The van der Waals surface area contributed by atoms with Crippen molar-refractivity contribution in [2.45, 2.75) is 18.9 Å². The first kappa shape index (κ1) is 9.71. The molecule has 0 aliphatic heterocycles. The summed E-state index contributed by atoms with van der Waals surface area (Å²) in [7, 11) is 0. The quantitative estimate of drug-likeness (QED) is 0.728. The van der Waals surface area contributed by atoms with Gasteiger partial charge in [0.1, 0.15) is 5.82 Å². The van der Waals surface area contributed by atoms with Gasteiger partial charge in [-0.25, -0.2) is 4.98 Å². The number of amides is 1. The lowest BCUT2D eigenvalue weighted by molar-refractivity contribution is 0.1000. The van der Waals surface area contributed by atoms with Gasteiger partial charge in [-0.05, 0) is 25.0 Å². The lowest BCUT2D eigenvalue weighted by atomic mass is 10.2. The summed E-state index contributed by atoms with van der Waals surface area (Å²) < 4.78 is 0. The van der Waals surface area contributed by atoms with Crippen molar-refractivity contribution in [2.75, 3.05) is 5.32 Å². The molecule has 0 radical (unpaired) electrons. The van der Waals surface area contributed by atoms with Crippen LogP contribution in [0, 0.1) is 0 Å². The molecule has 0 spiro atoms. The summed E-state index contributed by atoms with van der Waals surface area (Å²) in [6, 6.07) is 3.68. The van der Waals surface area contributed by atoms with Crippen LogP contribution in [-0.2, 0) is 0 Å².